The van der Waals surface area contributed by atoms with Gasteiger partial charge in [-0.1, -0.05) is 13.2 Å². The van der Waals surface area contributed by atoms with Crippen LogP contribution in [-0.4, -0.2) is 30.3 Å². The summed E-state index contributed by atoms with van der Waals surface area (Å²) in [6.07, 6.45) is 0.807. The Morgan fingerprint density at radius 3 is 2.50 bits per heavy atom. The highest BCUT2D eigenvalue weighted by Crippen LogP contribution is 2.00. The number of carboxylic acids is 1. The van der Waals surface area contributed by atoms with Gasteiger partial charge in [0, 0.05) is 5.57 Å². The topological polar surface area (TPSA) is 72.8 Å². The second-order valence-corrected chi connectivity index (χ2v) is 2.35. The monoisotopic (exact) mass is 200 g/mol. The van der Waals surface area contributed by atoms with Crippen LogP contribution in [0.15, 0.2) is 25.0 Å². The Bertz CT molecular complexity index is 244. The molecule has 5 nitrogen and oxygen atoms in total. The number of carboxylic acid groups (broad SMARTS) is 1. The maximum Gasteiger partial charge on any atom is 0.334 e. The summed E-state index contributed by atoms with van der Waals surface area (Å²) in [5.74, 6) is -1.84. The number of ether oxygens (including phenoxy) is 2. The first-order chi connectivity index (χ1) is 6.57. The second-order valence-electron chi connectivity index (χ2n) is 2.35. The molecule has 0 aromatic carbocycles. The van der Waals surface area contributed by atoms with Gasteiger partial charge in [0.2, 0.25) is 0 Å². The van der Waals surface area contributed by atoms with Gasteiger partial charge in [0.1, 0.15) is 13.2 Å². The van der Waals surface area contributed by atoms with Crippen molar-refractivity contribution in [2.24, 2.45) is 0 Å². The van der Waals surface area contributed by atoms with E-state index in [2.05, 4.69) is 22.6 Å². The van der Waals surface area contributed by atoms with Gasteiger partial charge in [-0.2, -0.15) is 0 Å². The van der Waals surface area contributed by atoms with Crippen LogP contribution in [0, 0.1) is 0 Å². The third-order valence-electron chi connectivity index (χ3n) is 1.21. The average Bonchev–Trinajstić information content (AvgIpc) is 2.11. The Kier molecular flexibility index (Phi) is 5.85. The van der Waals surface area contributed by atoms with Crippen LogP contribution in [0.1, 0.15) is 6.42 Å². The molecule has 0 atom stereocenters. The van der Waals surface area contributed by atoms with Crippen LogP contribution in [0.5, 0.6) is 0 Å². The van der Waals surface area contributed by atoms with E-state index in [0.29, 0.717) is 0 Å². The number of aliphatic carboxylic acids is 1. The van der Waals surface area contributed by atoms with Crippen molar-refractivity contribution in [2.75, 3.05) is 13.2 Å². The Balaban J connectivity index is 3.68. The van der Waals surface area contributed by atoms with E-state index < -0.39 is 18.4 Å². The van der Waals surface area contributed by atoms with Gasteiger partial charge in [-0.05, 0) is 0 Å². The Morgan fingerprint density at radius 1 is 1.36 bits per heavy atom. The number of esters is 1. The highest BCUT2D eigenvalue weighted by atomic mass is 16.6. The highest BCUT2D eigenvalue weighted by Gasteiger charge is 2.11. The minimum absolute atomic E-state index is 0.0451. The van der Waals surface area contributed by atoms with Crippen molar-refractivity contribution in [1.82, 2.24) is 0 Å². The van der Waals surface area contributed by atoms with E-state index in [-0.39, 0.29) is 18.8 Å². The van der Waals surface area contributed by atoms with E-state index in [1.807, 2.05) is 0 Å². The van der Waals surface area contributed by atoms with Gasteiger partial charge in [-0.25, -0.2) is 4.79 Å². The Hall–Kier alpha value is -1.78. The van der Waals surface area contributed by atoms with Gasteiger partial charge in [-0.15, -0.1) is 0 Å². The van der Waals surface area contributed by atoms with Crippen LogP contribution >= 0.6 is 0 Å². The molecule has 78 valence electrons. The van der Waals surface area contributed by atoms with E-state index >= 15 is 0 Å². The molecule has 0 rings (SSSR count). The van der Waals surface area contributed by atoms with Crippen molar-refractivity contribution >= 4 is 11.9 Å². The number of hydrogen-bond acceptors (Lipinski definition) is 4. The molecule has 0 fully saturated rings. The summed E-state index contributed by atoms with van der Waals surface area (Å²) in [7, 11) is 0. The predicted molar refractivity (Wildman–Crippen MR) is 48.5 cm³/mol. The van der Waals surface area contributed by atoms with Crippen LogP contribution in [0.25, 0.3) is 0 Å². The molecule has 0 bridgehead atoms. The minimum Gasteiger partial charge on any atom is -0.498 e. The molecule has 0 spiro atoms. The van der Waals surface area contributed by atoms with Crippen LogP contribution in [0.2, 0.25) is 0 Å². The predicted octanol–water partition coefficient (Wildman–Crippen LogP) is 0.721. The third kappa shape index (κ3) is 5.82. The summed E-state index contributed by atoms with van der Waals surface area (Å²) >= 11 is 0. The lowest BCUT2D eigenvalue weighted by Crippen LogP contribution is -2.13. The van der Waals surface area contributed by atoms with E-state index in [0.717, 1.165) is 0 Å². The SMILES string of the molecule is C=COCCOC(=O)C(=C)CC(=O)O. The molecule has 0 heterocycles. The molecule has 14 heavy (non-hydrogen) atoms. The summed E-state index contributed by atoms with van der Waals surface area (Å²) in [5, 5.41) is 8.34. The molecule has 0 aliphatic rings. The summed E-state index contributed by atoms with van der Waals surface area (Å²) in [5.41, 5.74) is -0.0869. The average molecular weight is 200 g/mol. The van der Waals surface area contributed by atoms with Crippen LogP contribution in [0.3, 0.4) is 0 Å². The van der Waals surface area contributed by atoms with Crippen molar-refractivity contribution in [1.29, 1.82) is 0 Å². The Labute approximate surface area is 81.6 Å². The fraction of sp³-hybridized carbons (Fsp3) is 0.333. The molecular formula is C9H12O5. The smallest absolute Gasteiger partial charge is 0.334 e. The molecule has 0 unspecified atom stereocenters. The summed E-state index contributed by atoms with van der Waals surface area (Å²) in [4.78, 5) is 21.2. The zero-order chi connectivity index (χ0) is 11.0. The second kappa shape index (κ2) is 6.71. The van der Waals surface area contributed by atoms with Gasteiger partial charge in [0.25, 0.3) is 0 Å². The van der Waals surface area contributed by atoms with E-state index in [1.165, 1.54) is 6.26 Å². The molecule has 0 radical (unpaired) electrons. The third-order valence-corrected chi connectivity index (χ3v) is 1.21. The van der Waals surface area contributed by atoms with Gasteiger partial charge in [0.05, 0.1) is 12.7 Å². The molecule has 0 saturated heterocycles. The lowest BCUT2D eigenvalue weighted by atomic mass is 10.2. The molecule has 1 N–H and O–H groups in total. The summed E-state index contributed by atoms with van der Waals surface area (Å²) < 4.78 is 9.32. The first-order valence-electron chi connectivity index (χ1n) is 3.87. The summed E-state index contributed by atoms with van der Waals surface area (Å²) in [6, 6.07) is 0. The number of carbonyl (C=O) groups is 2. The number of carbonyl (C=O) groups excluding carboxylic acids is 1. The quantitative estimate of drug-likeness (QED) is 0.284. The van der Waals surface area contributed by atoms with Crippen LogP contribution in [0.4, 0.5) is 0 Å². The molecule has 0 aliphatic heterocycles. The van der Waals surface area contributed by atoms with Crippen molar-refractivity contribution in [3.63, 3.8) is 0 Å². The maximum absolute atomic E-state index is 11.0. The van der Waals surface area contributed by atoms with E-state index in [1.54, 1.807) is 0 Å². The van der Waals surface area contributed by atoms with Crippen molar-refractivity contribution < 1.29 is 24.2 Å². The van der Waals surface area contributed by atoms with Gasteiger partial charge < -0.3 is 14.6 Å². The fourth-order valence-electron chi connectivity index (χ4n) is 0.623. The minimum atomic E-state index is -1.12. The first kappa shape index (κ1) is 12.2. The molecule has 5 heteroatoms. The standard InChI is InChI=1S/C9H12O5/c1-3-13-4-5-14-9(12)7(2)6-8(10)11/h3H,1-2,4-6H2,(H,10,11). The van der Waals surface area contributed by atoms with Crippen molar-refractivity contribution in [3.8, 4) is 0 Å². The lowest BCUT2D eigenvalue weighted by molar-refractivity contribution is -0.143. The normalized spacial score (nSPS) is 8.86. The zero-order valence-electron chi connectivity index (χ0n) is 7.69. The lowest BCUT2D eigenvalue weighted by Gasteiger charge is -2.04. The maximum atomic E-state index is 11.0. The molecular weight excluding hydrogens is 188 g/mol. The van der Waals surface area contributed by atoms with Crippen LogP contribution < -0.4 is 0 Å². The largest absolute Gasteiger partial charge is 0.498 e. The zero-order valence-corrected chi connectivity index (χ0v) is 7.69. The van der Waals surface area contributed by atoms with E-state index in [9.17, 15) is 9.59 Å². The number of rotatable bonds is 7. The van der Waals surface area contributed by atoms with Gasteiger partial charge >= 0.3 is 11.9 Å². The van der Waals surface area contributed by atoms with Crippen molar-refractivity contribution in [3.05, 3.63) is 25.0 Å². The van der Waals surface area contributed by atoms with Gasteiger partial charge in [-0.3, -0.25) is 4.79 Å². The van der Waals surface area contributed by atoms with Gasteiger partial charge in [0.15, 0.2) is 0 Å². The Morgan fingerprint density at radius 2 is 2.00 bits per heavy atom. The summed E-state index contributed by atoms with van der Waals surface area (Å²) in [6.45, 7) is 6.81. The van der Waals surface area contributed by atoms with Crippen LogP contribution in [-0.2, 0) is 19.1 Å². The van der Waals surface area contributed by atoms with E-state index in [4.69, 9.17) is 5.11 Å². The molecule has 0 amide bonds. The first-order valence-corrected chi connectivity index (χ1v) is 3.87. The van der Waals surface area contributed by atoms with Crippen molar-refractivity contribution in [2.45, 2.75) is 6.42 Å². The fourth-order valence-corrected chi connectivity index (χ4v) is 0.623. The highest BCUT2D eigenvalue weighted by molar-refractivity contribution is 5.92. The molecule has 0 saturated carbocycles. The molecule has 0 aromatic heterocycles. The molecule has 0 aliphatic carbocycles. The molecule has 0 aromatic rings. The number of hydrogen-bond donors (Lipinski definition) is 1.